The molecule has 2 aromatic heterocycles. The van der Waals surface area contributed by atoms with Gasteiger partial charge in [0.1, 0.15) is 0 Å². The summed E-state index contributed by atoms with van der Waals surface area (Å²) in [7, 11) is 0. The van der Waals surface area contributed by atoms with E-state index in [1.54, 1.807) is 0 Å². The molecule has 0 fully saturated rings. The van der Waals surface area contributed by atoms with Gasteiger partial charge in [0, 0.05) is 55.7 Å². The molecule has 3 heteroatoms. The smallest absolute Gasteiger partial charge is 0.0529 e. The highest BCUT2D eigenvalue weighted by atomic mass is 15.1. The van der Waals surface area contributed by atoms with E-state index in [1.165, 1.54) is 44.4 Å². The van der Waals surface area contributed by atoms with Crippen molar-refractivity contribution in [3.63, 3.8) is 0 Å². The Bertz CT molecular complexity index is 1220. The van der Waals surface area contributed by atoms with Crippen molar-refractivity contribution >= 4 is 22.7 Å². The van der Waals surface area contributed by atoms with E-state index in [-0.39, 0.29) is 0 Å². The number of hydrogen-bond acceptors (Lipinski definition) is 2. The SMILES string of the molecule is C/C(=C/n1c2c(c3cc(C)ccc31)CN(CCc1ccccc1)CC2)c1ccncc1. The van der Waals surface area contributed by atoms with E-state index in [2.05, 4.69) is 95.2 Å². The number of nitrogens with zero attached hydrogens (tertiary/aromatic N) is 3. The van der Waals surface area contributed by atoms with Crippen LogP contribution < -0.4 is 0 Å². The van der Waals surface area contributed by atoms with Crippen LogP contribution in [0.15, 0.2) is 73.1 Å². The zero-order valence-electron chi connectivity index (χ0n) is 18.4. The number of aromatic nitrogens is 2. The second-order valence-electron chi connectivity index (χ2n) is 8.63. The Hall–Kier alpha value is -3.17. The van der Waals surface area contributed by atoms with E-state index in [1.807, 2.05) is 12.4 Å². The van der Waals surface area contributed by atoms with Crippen LogP contribution in [-0.2, 0) is 19.4 Å². The van der Waals surface area contributed by atoms with Gasteiger partial charge in [-0.1, -0.05) is 42.0 Å². The molecule has 1 aliphatic heterocycles. The number of fused-ring (bicyclic) bond motifs is 3. The molecule has 0 aliphatic carbocycles. The average Bonchev–Trinajstić information content (AvgIpc) is 3.11. The van der Waals surface area contributed by atoms with Crippen LogP contribution in [0.5, 0.6) is 0 Å². The van der Waals surface area contributed by atoms with Gasteiger partial charge in [-0.05, 0) is 66.8 Å². The van der Waals surface area contributed by atoms with Crippen LogP contribution in [0.2, 0.25) is 0 Å². The Morgan fingerprint density at radius 2 is 1.84 bits per heavy atom. The zero-order chi connectivity index (χ0) is 21.2. The van der Waals surface area contributed by atoms with Gasteiger partial charge in [-0.15, -0.1) is 0 Å². The van der Waals surface area contributed by atoms with Crippen LogP contribution in [0.4, 0.5) is 0 Å². The molecule has 156 valence electrons. The number of pyridine rings is 1. The number of allylic oxidation sites excluding steroid dienone is 1. The van der Waals surface area contributed by atoms with Gasteiger partial charge in [0.05, 0.1) is 5.52 Å². The maximum absolute atomic E-state index is 4.16. The van der Waals surface area contributed by atoms with Gasteiger partial charge in [-0.25, -0.2) is 0 Å². The first-order valence-electron chi connectivity index (χ1n) is 11.2. The predicted molar refractivity (Wildman–Crippen MR) is 130 cm³/mol. The van der Waals surface area contributed by atoms with E-state index < -0.39 is 0 Å². The summed E-state index contributed by atoms with van der Waals surface area (Å²) >= 11 is 0. The van der Waals surface area contributed by atoms with Crippen molar-refractivity contribution < 1.29 is 0 Å². The first kappa shape index (κ1) is 19.8. The number of benzene rings is 2. The fraction of sp³-hybridized carbons (Fsp3) is 0.250. The highest BCUT2D eigenvalue weighted by Gasteiger charge is 2.23. The summed E-state index contributed by atoms with van der Waals surface area (Å²) in [5, 5.41) is 1.40. The lowest BCUT2D eigenvalue weighted by molar-refractivity contribution is 0.257. The van der Waals surface area contributed by atoms with E-state index in [4.69, 9.17) is 0 Å². The minimum Gasteiger partial charge on any atom is -0.320 e. The van der Waals surface area contributed by atoms with Gasteiger partial charge in [-0.3, -0.25) is 9.88 Å². The molecule has 0 amide bonds. The summed E-state index contributed by atoms with van der Waals surface area (Å²) in [5.41, 5.74) is 9.49. The standard InChI is InChI=1S/C28H29N3/c1-21-8-9-27-25(18-21)26-20-30(16-12-23-6-4-3-5-7-23)17-13-28(26)31(27)19-22(2)24-10-14-29-15-11-24/h3-11,14-15,18-19H,12-13,16-17,20H2,1-2H3/b22-19-. The molecule has 3 nitrogen and oxygen atoms in total. The molecule has 1 aliphatic rings. The number of rotatable bonds is 5. The van der Waals surface area contributed by atoms with Crippen LogP contribution in [0.1, 0.15) is 34.9 Å². The van der Waals surface area contributed by atoms with Crippen LogP contribution in [0.25, 0.3) is 22.7 Å². The monoisotopic (exact) mass is 407 g/mol. The van der Waals surface area contributed by atoms with Crippen molar-refractivity contribution in [1.29, 1.82) is 0 Å². The van der Waals surface area contributed by atoms with Gasteiger partial charge >= 0.3 is 0 Å². The molecule has 0 unspecified atom stereocenters. The Morgan fingerprint density at radius 1 is 1.03 bits per heavy atom. The predicted octanol–water partition coefficient (Wildman–Crippen LogP) is 5.96. The molecule has 0 radical (unpaired) electrons. The molecule has 0 bridgehead atoms. The van der Waals surface area contributed by atoms with Gasteiger partial charge in [0.15, 0.2) is 0 Å². The fourth-order valence-electron chi connectivity index (χ4n) is 4.72. The third kappa shape index (κ3) is 4.06. The van der Waals surface area contributed by atoms with Crippen molar-refractivity contribution in [2.24, 2.45) is 0 Å². The van der Waals surface area contributed by atoms with Crippen molar-refractivity contribution in [3.8, 4) is 0 Å². The van der Waals surface area contributed by atoms with E-state index in [9.17, 15) is 0 Å². The summed E-state index contributed by atoms with van der Waals surface area (Å²) in [4.78, 5) is 6.77. The second-order valence-corrected chi connectivity index (χ2v) is 8.63. The molecular weight excluding hydrogens is 378 g/mol. The fourth-order valence-corrected chi connectivity index (χ4v) is 4.72. The summed E-state index contributed by atoms with van der Waals surface area (Å²) in [5.74, 6) is 0. The maximum atomic E-state index is 4.16. The molecule has 0 N–H and O–H groups in total. The van der Waals surface area contributed by atoms with Crippen molar-refractivity contribution in [2.45, 2.75) is 33.2 Å². The van der Waals surface area contributed by atoms with Gasteiger partial charge < -0.3 is 4.57 Å². The topological polar surface area (TPSA) is 21.1 Å². The lowest BCUT2D eigenvalue weighted by Crippen LogP contribution is -2.32. The van der Waals surface area contributed by atoms with Crippen molar-refractivity contribution in [1.82, 2.24) is 14.5 Å². The molecule has 4 aromatic rings. The van der Waals surface area contributed by atoms with Gasteiger partial charge in [0.25, 0.3) is 0 Å². The van der Waals surface area contributed by atoms with Gasteiger partial charge in [0.2, 0.25) is 0 Å². The summed E-state index contributed by atoms with van der Waals surface area (Å²) in [6.07, 6.45) is 8.23. The van der Waals surface area contributed by atoms with E-state index in [0.717, 1.165) is 32.5 Å². The third-order valence-corrected chi connectivity index (χ3v) is 6.44. The lowest BCUT2D eigenvalue weighted by atomic mass is 10.0. The van der Waals surface area contributed by atoms with Crippen molar-refractivity contribution in [2.75, 3.05) is 13.1 Å². The second kappa shape index (κ2) is 8.52. The Kier molecular flexibility index (Phi) is 5.44. The molecular formula is C28H29N3. The highest BCUT2D eigenvalue weighted by molar-refractivity contribution is 5.90. The molecule has 5 rings (SSSR count). The highest BCUT2D eigenvalue weighted by Crippen LogP contribution is 2.33. The van der Waals surface area contributed by atoms with Crippen LogP contribution in [0.3, 0.4) is 0 Å². The Balaban J connectivity index is 1.49. The van der Waals surface area contributed by atoms with Crippen LogP contribution in [0, 0.1) is 6.92 Å². The molecule has 0 atom stereocenters. The van der Waals surface area contributed by atoms with E-state index >= 15 is 0 Å². The number of aryl methyl sites for hydroxylation is 1. The normalized spacial score (nSPS) is 14.7. The Labute approximate surface area is 184 Å². The third-order valence-electron chi connectivity index (χ3n) is 6.44. The Morgan fingerprint density at radius 3 is 2.65 bits per heavy atom. The summed E-state index contributed by atoms with van der Waals surface area (Å²) in [6.45, 7) is 7.62. The first-order valence-corrected chi connectivity index (χ1v) is 11.2. The average molecular weight is 408 g/mol. The number of hydrogen-bond donors (Lipinski definition) is 0. The van der Waals surface area contributed by atoms with Crippen molar-refractivity contribution in [3.05, 3.63) is 101 Å². The largest absolute Gasteiger partial charge is 0.320 e. The summed E-state index contributed by atoms with van der Waals surface area (Å²) < 4.78 is 2.44. The minimum atomic E-state index is 1.03. The molecule has 0 spiro atoms. The van der Waals surface area contributed by atoms with Crippen LogP contribution >= 0.6 is 0 Å². The quantitative estimate of drug-likeness (QED) is 0.407. The first-order chi connectivity index (χ1) is 15.2. The van der Waals surface area contributed by atoms with Gasteiger partial charge in [-0.2, -0.15) is 0 Å². The molecule has 2 aromatic carbocycles. The lowest BCUT2D eigenvalue weighted by Gasteiger charge is -2.28. The molecule has 0 saturated carbocycles. The maximum Gasteiger partial charge on any atom is 0.0529 e. The molecule has 3 heterocycles. The molecule has 0 saturated heterocycles. The van der Waals surface area contributed by atoms with E-state index in [0.29, 0.717) is 0 Å². The minimum absolute atomic E-state index is 1.03. The molecule has 31 heavy (non-hydrogen) atoms. The van der Waals surface area contributed by atoms with Crippen LogP contribution in [-0.4, -0.2) is 27.5 Å². The summed E-state index contributed by atoms with van der Waals surface area (Å²) in [6, 6.07) is 21.9. The zero-order valence-corrected chi connectivity index (χ0v) is 18.4.